The summed E-state index contributed by atoms with van der Waals surface area (Å²) >= 11 is 1.62. The van der Waals surface area contributed by atoms with Gasteiger partial charge in [0.1, 0.15) is 5.75 Å². The predicted molar refractivity (Wildman–Crippen MR) is 107 cm³/mol. The molecule has 0 bridgehead atoms. The number of amides is 1. The molecular formula is C22H21NO2S. The van der Waals surface area contributed by atoms with Crippen molar-refractivity contribution in [3.8, 4) is 5.75 Å². The number of carbonyl (C=O) groups excluding carboxylic acids is 1. The molecule has 0 radical (unpaired) electrons. The maximum absolute atomic E-state index is 12.6. The maximum Gasteiger partial charge on any atom is 0.265 e. The third-order valence-electron chi connectivity index (χ3n) is 3.88. The van der Waals surface area contributed by atoms with E-state index < -0.39 is 6.10 Å². The first-order valence-corrected chi connectivity index (χ1v) is 9.30. The molecule has 0 aliphatic heterocycles. The Morgan fingerprint density at radius 2 is 1.58 bits per heavy atom. The van der Waals surface area contributed by atoms with Crippen LogP contribution in [-0.2, 0) is 4.79 Å². The van der Waals surface area contributed by atoms with Crippen molar-refractivity contribution in [2.24, 2.45) is 0 Å². The molecule has 132 valence electrons. The number of benzene rings is 3. The summed E-state index contributed by atoms with van der Waals surface area (Å²) in [6.07, 6.45) is -0.592. The van der Waals surface area contributed by atoms with Gasteiger partial charge in [-0.05, 0) is 49.7 Å². The van der Waals surface area contributed by atoms with Gasteiger partial charge in [-0.15, -0.1) is 0 Å². The van der Waals surface area contributed by atoms with Gasteiger partial charge in [0, 0.05) is 9.79 Å². The summed E-state index contributed by atoms with van der Waals surface area (Å²) in [5.74, 6) is 0.552. The van der Waals surface area contributed by atoms with Crippen LogP contribution in [0.25, 0.3) is 0 Å². The van der Waals surface area contributed by atoms with Crippen LogP contribution in [0.5, 0.6) is 5.75 Å². The second-order valence-corrected chi connectivity index (χ2v) is 7.04. The lowest BCUT2D eigenvalue weighted by Crippen LogP contribution is -2.30. The number of hydrogen-bond acceptors (Lipinski definition) is 3. The summed E-state index contributed by atoms with van der Waals surface area (Å²) < 4.78 is 5.82. The largest absolute Gasteiger partial charge is 0.481 e. The van der Waals surface area contributed by atoms with Crippen molar-refractivity contribution in [3.05, 3.63) is 84.4 Å². The Balaban J connectivity index is 1.70. The van der Waals surface area contributed by atoms with Gasteiger partial charge in [-0.3, -0.25) is 4.79 Å². The molecule has 0 aliphatic rings. The van der Waals surface area contributed by atoms with Crippen LogP contribution in [0.2, 0.25) is 0 Å². The summed E-state index contributed by atoms with van der Waals surface area (Å²) in [5.41, 5.74) is 1.79. The van der Waals surface area contributed by atoms with Crippen LogP contribution in [0.4, 0.5) is 5.69 Å². The number of carbonyl (C=O) groups is 1. The van der Waals surface area contributed by atoms with Gasteiger partial charge in [0.25, 0.3) is 5.91 Å². The van der Waals surface area contributed by atoms with Gasteiger partial charge in [-0.2, -0.15) is 0 Å². The highest BCUT2D eigenvalue weighted by Gasteiger charge is 2.17. The number of rotatable bonds is 6. The highest BCUT2D eigenvalue weighted by molar-refractivity contribution is 7.99. The fourth-order valence-electron chi connectivity index (χ4n) is 2.44. The van der Waals surface area contributed by atoms with Crippen molar-refractivity contribution >= 4 is 23.4 Å². The fourth-order valence-corrected chi connectivity index (χ4v) is 3.36. The smallest absolute Gasteiger partial charge is 0.265 e. The first kappa shape index (κ1) is 18.1. The first-order chi connectivity index (χ1) is 12.6. The van der Waals surface area contributed by atoms with Crippen LogP contribution in [0.3, 0.4) is 0 Å². The molecule has 0 saturated carbocycles. The molecule has 3 aromatic rings. The SMILES string of the molecule is Cc1ccccc1O[C@H](C)C(=O)Nc1ccccc1Sc1ccccc1. The third kappa shape index (κ3) is 4.67. The quantitative estimate of drug-likeness (QED) is 0.624. The Bertz CT molecular complexity index is 880. The van der Waals surface area contributed by atoms with Gasteiger partial charge in [0.05, 0.1) is 5.69 Å². The lowest BCUT2D eigenvalue weighted by Gasteiger charge is -2.17. The molecule has 1 amide bonds. The Kier molecular flexibility index (Phi) is 5.97. The summed E-state index contributed by atoms with van der Waals surface area (Å²) in [6.45, 7) is 3.72. The zero-order valence-corrected chi connectivity index (χ0v) is 15.6. The normalized spacial score (nSPS) is 11.6. The predicted octanol–water partition coefficient (Wildman–Crippen LogP) is 5.55. The highest BCUT2D eigenvalue weighted by Crippen LogP contribution is 2.33. The van der Waals surface area contributed by atoms with Gasteiger partial charge in [0.2, 0.25) is 0 Å². The van der Waals surface area contributed by atoms with Crippen LogP contribution in [0.1, 0.15) is 12.5 Å². The van der Waals surface area contributed by atoms with Crippen molar-refractivity contribution in [2.75, 3.05) is 5.32 Å². The van der Waals surface area contributed by atoms with Gasteiger partial charge in [-0.1, -0.05) is 60.3 Å². The van der Waals surface area contributed by atoms with Crippen molar-refractivity contribution in [3.63, 3.8) is 0 Å². The first-order valence-electron chi connectivity index (χ1n) is 8.48. The van der Waals surface area contributed by atoms with E-state index in [1.807, 2.05) is 85.8 Å². The molecule has 0 unspecified atom stereocenters. The average molecular weight is 363 g/mol. The zero-order chi connectivity index (χ0) is 18.4. The monoisotopic (exact) mass is 363 g/mol. The van der Waals surface area contributed by atoms with Crippen LogP contribution < -0.4 is 10.1 Å². The Labute approximate surface area is 158 Å². The van der Waals surface area contributed by atoms with Gasteiger partial charge < -0.3 is 10.1 Å². The maximum atomic E-state index is 12.6. The van der Waals surface area contributed by atoms with Crippen LogP contribution in [-0.4, -0.2) is 12.0 Å². The van der Waals surface area contributed by atoms with Crippen molar-refractivity contribution < 1.29 is 9.53 Å². The van der Waals surface area contributed by atoms with Crippen molar-refractivity contribution in [2.45, 2.75) is 29.7 Å². The van der Waals surface area contributed by atoms with Crippen molar-refractivity contribution in [1.82, 2.24) is 0 Å². The Morgan fingerprint density at radius 1 is 0.923 bits per heavy atom. The molecule has 4 heteroatoms. The molecule has 3 nitrogen and oxygen atoms in total. The Morgan fingerprint density at radius 3 is 2.35 bits per heavy atom. The average Bonchev–Trinajstić information content (AvgIpc) is 2.66. The minimum absolute atomic E-state index is 0.172. The lowest BCUT2D eigenvalue weighted by molar-refractivity contribution is -0.122. The second-order valence-electron chi connectivity index (χ2n) is 5.93. The van der Waals surface area contributed by atoms with E-state index in [2.05, 4.69) is 5.32 Å². The zero-order valence-electron chi connectivity index (χ0n) is 14.8. The molecule has 0 spiro atoms. The highest BCUT2D eigenvalue weighted by atomic mass is 32.2. The van der Waals surface area contributed by atoms with Gasteiger partial charge in [0.15, 0.2) is 6.10 Å². The molecule has 3 aromatic carbocycles. The van der Waals surface area contributed by atoms with E-state index in [-0.39, 0.29) is 5.91 Å². The standard InChI is InChI=1S/C22H21NO2S/c1-16-10-6-8-14-20(16)25-17(2)22(24)23-19-13-7-9-15-21(19)26-18-11-4-3-5-12-18/h3-15,17H,1-2H3,(H,23,24)/t17-/m1/s1. The van der Waals surface area contributed by atoms with E-state index in [0.29, 0.717) is 0 Å². The number of nitrogens with one attached hydrogen (secondary N) is 1. The minimum Gasteiger partial charge on any atom is -0.481 e. The van der Waals surface area contributed by atoms with Crippen LogP contribution in [0, 0.1) is 6.92 Å². The molecule has 0 aromatic heterocycles. The summed E-state index contributed by atoms with van der Waals surface area (Å²) in [4.78, 5) is 14.7. The summed E-state index contributed by atoms with van der Waals surface area (Å²) in [6, 6.07) is 25.6. The van der Waals surface area contributed by atoms with Gasteiger partial charge in [-0.25, -0.2) is 0 Å². The van der Waals surface area contributed by atoms with E-state index in [0.717, 1.165) is 26.8 Å². The summed E-state index contributed by atoms with van der Waals surface area (Å²) in [7, 11) is 0. The third-order valence-corrected chi connectivity index (χ3v) is 4.97. The van der Waals surface area contributed by atoms with E-state index in [1.165, 1.54) is 0 Å². The second kappa shape index (κ2) is 8.59. The molecule has 0 saturated heterocycles. The number of hydrogen-bond donors (Lipinski definition) is 1. The molecule has 0 fully saturated rings. The summed E-state index contributed by atoms with van der Waals surface area (Å²) in [5, 5.41) is 2.99. The van der Waals surface area contributed by atoms with Crippen LogP contribution in [0.15, 0.2) is 88.7 Å². The number of aryl methyl sites for hydroxylation is 1. The number of para-hydroxylation sites is 2. The van der Waals surface area contributed by atoms with E-state index in [1.54, 1.807) is 18.7 Å². The van der Waals surface area contributed by atoms with Gasteiger partial charge >= 0.3 is 0 Å². The molecule has 1 N–H and O–H groups in total. The van der Waals surface area contributed by atoms with Crippen molar-refractivity contribution in [1.29, 1.82) is 0 Å². The number of anilines is 1. The number of ether oxygens (including phenoxy) is 1. The van der Waals surface area contributed by atoms with Crippen LogP contribution >= 0.6 is 11.8 Å². The molecule has 1 atom stereocenters. The van der Waals surface area contributed by atoms with E-state index in [4.69, 9.17) is 4.74 Å². The molecule has 3 rings (SSSR count). The topological polar surface area (TPSA) is 38.3 Å². The Hall–Kier alpha value is -2.72. The lowest BCUT2D eigenvalue weighted by atomic mass is 10.2. The fraction of sp³-hybridized carbons (Fsp3) is 0.136. The minimum atomic E-state index is -0.592. The molecular weight excluding hydrogens is 342 g/mol. The molecule has 26 heavy (non-hydrogen) atoms. The molecule has 0 aliphatic carbocycles. The van der Waals surface area contributed by atoms with E-state index >= 15 is 0 Å². The molecule has 0 heterocycles. The van der Waals surface area contributed by atoms with E-state index in [9.17, 15) is 4.79 Å².